The molecule has 0 bridgehead atoms. The lowest BCUT2D eigenvalue weighted by atomic mass is 10.1. The van der Waals surface area contributed by atoms with Gasteiger partial charge >= 0.3 is 0 Å². The molecule has 0 spiro atoms. The molecule has 2 fully saturated rings. The zero-order valence-corrected chi connectivity index (χ0v) is 17.3. The van der Waals surface area contributed by atoms with Gasteiger partial charge in [-0.1, -0.05) is 18.9 Å². The summed E-state index contributed by atoms with van der Waals surface area (Å²) in [7, 11) is -3.47. The van der Waals surface area contributed by atoms with Crippen LogP contribution in [0.4, 0.5) is 0 Å². The van der Waals surface area contributed by atoms with Crippen LogP contribution in [0, 0.1) is 13.8 Å². The lowest BCUT2D eigenvalue weighted by Gasteiger charge is -2.34. The van der Waals surface area contributed by atoms with E-state index in [9.17, 15) is 13.2 Å². The molecule has 0 radical (unpaired) electrons. The van der Waals surface area contributed by atoms with Gasteiger partial charge in [0.05, 0.1) is 11.4 Å². The van der Waals surface area contributed by atoms with Gasteiger partial charge in [0.2, 0.25) is 15.9 Å². The fourth-order valence-corrected chi connectivity index (χ4v) is 5.27. The van der Waals surface area contributed by atoms with E-state index < -0.39 is 10.0 Å². The normalized spacial score (nSPS) is 20.4. The van der Waals surface area contributed by atoms with Crippen molar-refractivity contribution in [3.8, 4) is 0 Å². The van der Waals surface area contributed by atoms with Crippen LogP contribution in [0.1, 0.15) is 36.8 Å². The lowest BCUT2D eigenvalue weighted by molar-refractivity contribution is -0.132. The largest absolute Gasteiger partial charge is 0.342 e. The lowest BCUT2D eigenvalue weighted by Crippen LogP contribution is -2.51. The molecule has 3 rings (SSSR count). The first-order valence-corrected chi connectivity index (χ1v) is 11.4. The van der Waals surface area contributed by atoms with Gasteiger partial charge in [-0.2, -0.15) is 4.31 Å². The number of rotatable bonds is 4. The molecule has 2 heterocycles. The molecular weight excluding hydrogens is 362 g/mol. The van der Waals surface area contributed by atoms with Crippen LogP contribution in [0.25, 0.3) is 0 Å². The van der Waals surface area contributed by atoms with Crippen LogP contribution in [-0.2, 0) is 14.8 Å². The third-order valence-electron chi connectivity index (χ3n) is 5.77. The van der Waals surface area contributed by atoms with Gasteiger partial charge in [-0.05, 0) is 49.9 Å². The van der Waals surface area contributed by atoms with Crippen molar-refractivity contribution in [1.29, 1.82) is 0 Å². The smallest absolute Gasteiger partial charge is 0.243 e. The molecule has 2 aliphatic heterocycles. The minimum absolute atomic E-state index is 0.183. The summed E-state index contributed by atoms with van der Waals surface area (Å²) in [6.07, 6.45) is 4.60. The van der Waals surface area contributed by atoms with E-state index in [1.54, 1.807) is 16.4 Å². The molecule has 0 N–H and O–H groups in total. The van der Waals surface area contributed by atoms with Crippen LogP contribution in [-0.4, -0.2) is 74.2 Å². The summed E-state index contributed by atoms with van der Waals surface area (Å²) in [6.45, 7) is 8.10. The van der Waals surface area contributed by atoms with E-state index in [0.717, 1.165) is 37.1 Å². The number of aryl methyl sites for hydroxylation is 2. The van der Waals surface area contributed by atoms with Crippen molar-refractivity contribution in [2.24, 2.45) is 0 Å². The third kappa shape index (κ3) is 4.89. The Morgan fingerprint density at radius 3 is 2.11 bits per heavy atom. The second-order valence-corrected chi connectivity index (χ2v) is 9.66. The summed E-state index contributed by atoms with van der Waals surface area (Å²) >= 11 is 0. The van der Waals surface area contributed by atoms with Crippen LogP contribution in [0.2, 0.25) is 0 Å². The van der Waals surface area contributed by atoms with Crippen molar-refractivity contribution in [3.63, 3.8) is 0 Å². The SMILES string of the molecule is Cc1ccc(S(=O)(=O)N2CCN(CC(=O)N3CCCCCC3)CC2)cc1C. The summed E-state index contributed by atoms with van der Waals surface area (Å²) in [5.41, 5.74) is 2.07. The maximum Gasteiger partial charge on any atom is 0.243 e. The number of hydrogen-bond acceptors (Lipinski definition) is 4. The van der Waals surface area contributed by atoms with Gasteiger partial charge in [-0.15, -0.1) is 0 Å². The van der Waals surface area contributed by atoms with Gasteiger partial charge in [0.15, 0.2) is 0 Å². The van der Waals surface area contributed by atoms with Crippen molar-refractivity contribution < 1.29 is 13.2 Å². The predicted molar refractivity (Wildman–Crippen MR) is 106 cm³/mol. The Bertz CT molecular complexity index is 763. The number of nitrogens with zero attached hydrogens (tertiary/aromatic N) is 3. The highest BCUT2D eigenvalue weighted by Gasteiger charge is 2.30. The molecule has 2 aliphatic rings. The second kappa shape index (κ2) is 8.71. The molecular formula is C20H31N3O3S. The Balaban J connectivity index is 1.56. The molecule has 2 saturated heterocycles. The zero-order valence-electron chi connectivity index (χ0n) is 16.5. The van der Waals surface area contributed by atoms with E-state index in [1.807, 2.05) is 24.8 Å². The molecule has 1 aromatic carbocycles. The summed E-state index contributed by atoms with van der Waals surface area (Å²) in [6, 6.07) is 5.30. The molecule has 7 heteroatoms. The Morgan fingerprint density at radius 2 is 1.52 bits per heavy atom. The second-order valence-electron chi connectivity index (χ2n) is 7.72. The quantitative estimate of drug-likeness (QED) is 0.785. The number of amides is 1. The third-order valence-corrected chi connectivity index (χ3v) is 7.66. The Labute approximate surface area is 163 Å². The first-order chi connectivity index (χ1) is 12.9. The molecule has 0 saturated carbocycles. The summed E-state index contributed by atoms with van der Waals surface area (Å²) < 4.78 is 27.3. The van der Waals surface area contributed by atoms with Crippen LogP contribution in [0.15, 0.2) is 23.1 Å². The summed E-state index contributed by atoms with van der Waals surface area (Å²) in [5.74, 6) is 0.183. The minimum atomic E-state index is -3.47. The molecule has 0 unspecified atom stereocenters. The standard InChI is InChI=1S/C20H31N3O3S/c1-17-7-8-19(15-18(17)2)27(25,26)23-13-11-21(12-14-23)16-20(24)22-9-5-3-4-6-10-22/h7-8,15H,3-6,9-14,16H2,1-2H3. The molecule has 0 aliphatic carbocycles. The monoisotopic (exact) mass is 393 g/mol. The van der Waals surface area contributed by atoms with Gasteiger partial charge < -0.3 is 4.90 Å². The van der Waals surface area contributed by atoms with E-state index in [2.05, 4.69) is 4.90 Å². The average Bonchev–Trinajstić information content (AvgIpc) is 2.94. The predicted octanol–water partition coefficient (Wildman–Crippen LogP) is 2.01. The van der Waals surface area contributed by atoms with Crippen LogP contribution >= 0.6 is 0 Å². The topological polar surface area (TPSA) is 60.9 Å². The van der Waals surface area contributed by atoms with Crippen molar-refractivity contribution in [2.75, 3.05) is 45.8 Å². The number of piperazine rings is 1. The van der Waals surface area contributed by atoms with E-state index in [4.69, 9.17) is 0 Å². The number of carbonyl (C=O) groups is 1. The highest BCUT2D eigenvalue weighted by atomic mass is 32.2. The van der Waals surface area contributed by atoms with Crippen molar-refractivity contribution in [2.45, 2.75) is 44.4 Å². The molecule has 1 aromatic rings. The van der Waals surface area contributed by atoms with Gasteiger partial charge in [-0.3, -0.25) is 9.69 Å². The maximum absolute atomic E-state index is 12.9. The number of hydrogen-bond donors (Lipinski definition) is 0. The highest BCUT2D eigenvalue weighted by Crippen LogP contribution is 2.20. The number of sulfonamides is 1. The summed E-state index contributed by atoms with van der Waals surface area (Å²) in [5, 5.41) is 0. The van der Waals surface area contributed by atoms with Gasteiger partial charge in [0.1, 0.15) is 0 Å². The first kappa shape index (κ1) is 20.3. The fourth-order valence-electron chi connectivity index (χ4n) is 3.76. The van der Waals surface area contributed by atoms with Gasteiger partial charge in [0.25, 0.3) is 0 Å². The van der Waals surface area contributed by atoms with Gasteiger partial charge in [-0.25, -0.2) is 8.42 Å². The Morgan fingerprint density at radius 1 is 0.889 bits per heavy atom. The molecule has 1 amide bonds. The number of carbonyl (C=O) groups excluding carboxylic acids is 1. The fraction of sp³-hybridized carbons (Fsp3) is 0.650. The first-order valence-electron chi connectivity index (χ1n) is 9.95. The van der Waals surface area contributed by atoms with Crippen molar-refractivity contribution >= 4 is 15.9 Å². The Kier molecular flexibility index (Phi) is 6.55. The van der Waals surface area contributed by atoms with Gasteiger partial charge in [0, 0.05) is 39.3 Å². The number of likely N-dealkylation sites (tertiary alicyclic amines) is 1. The van der Waals surface area contributed by atoms with Crippen LogP contribution < -0.4 is 0 Å². The van der Waals surface area contributed by atoms with E-state index in [-0.39, 0.29) is 5.91 Å². The Hall–Kier alpha value is -1.44. The van der Waals surface area contributed by atoms with Crippen LogP contribution in [0.5, 0.6) is 0 Å². The van der Waals surface area contributed by atoms with Crippen molar-refractivity contribution in [3.05, 3.63) is 29.3 Å². The number of benzene rings is 1. The van der Waals surface area contributed by atoms with E-state index in [0.29, 0.717) is 37.6 Å². The maximum atomic E-state index is 12.9. The highest BCUT2D eigenvalue weighted by molar-refractivity contribution is 7.89. The molecule has 150 valence electrons. The molecule has 6 nitrogen and oxygen atoms in total. The average molecular weight is 394 g/mol. The molecule has 27 heavy (non-hydrogen) atoms. The zero-order chi connectivity index (χ0) is 19.4. The van der Waals surface area contributed by atoms with E-state index in [1.165, 1.54) is 12.8 Å². The van der Waals surface area contributed by atoms with E-state index >= 15 is 0 Å². The molecule has 0 aromatic heterocycles. The van der Waals surface area contributed by atoms with Crippen LogP contribution in [0.3, 0.4) is 0 Å². The minimum Gasteiger partial charge on any atom is -0.342 e. The summed E-state index contributed by atoms with van der Waals surface area (Å²) in [4.78, 5) is 17.0. The molecule has 0 atom stereocenters. The van der Waals surface area contributed by atoms with Crippen molar-refractivity contribution in [1.82, 2.24) is 14.1 Å².